The van der Waals surface area contributed by atoms with Gasteiger partial charge in [-0.25, -0.2) is 18.4 Å². The fourth-order valence-corrected chi connectivity index (χ4v) is 4.81. The Kier molecular flexibility index (Phi) is 5.21. The van der Waals surface area contributed by atoms with Gasteiger partial charge in [-0.05, 0) is 18.1 Å². The van der Waals surface area contributed by atoms with Crippen molar-refractivity contribution in [1.29, 1.82) is 0 Å². The third-order valence-corrected chi connectivity index (χ3v) is 6.31. The first-order chi connectivity index (χ1) is 13.6. The molecule has 2 N–H and O–H groups in total. The lowest BCUT2D eigenvalue weighted by Gasteiger charge is -2.15. The number of benzene rings is 1. The normalized spacial score (nSPS) is 17.9. The topological polar surface area (TPSA) is 96.9 Å². The zero-order chi connectivity index (χ0) is 19.4. The van der Waals surface area contributed by atoms with E-state index >= 15 is 0 Å². The minimum absolute atomic E-state index is 0.130. The molecule has 0 radical (unpaired) electrons. The fraction of sp³-hybridized carbons (Fsp3) is 0.250. The van der Waals surface area contributed by atoms with Gasteiger partial charge in [0.1, 0.15) is 11.6 Å². The first-order valence-electron chi connectivity index (χ1n) is 9.12. The van der Waals surface area contributed by atoms with Crippen molar-refractivity contribution in [3.05, 3.63) is 66.5 Å². The maximum Gasteiger partial charge on any atom is 0.163 e. The maximum atomic E-state index is 11.8. The van der Waals surface area contributed by atoms with E-state index in [2.05, 4.69) is 25.6 Å². The minimum atomic E-state index is -2.96. The molecule has 7 nitrogen and oxygen atoms in total. The first-order valence-corrected chi connectivity index (χ1v) is 10.9. The third kappa shape index (κ3) is 4.64. The van der Waals surface area contributed by atoms with Gasteiger partial charge in [0.05, 0.1) is 11.5 Å². The molecule has 1 unspecified atom stereocenters. The van der Waals surface area contributed by atoms with Gasteiger partial charge in [0.15, 0.2) is 15.7 Å². The Morgan fingerprint density at radius 1 is 1.04 bits per heavy atom. The van der Waals surface area contributed by atoms with Gasteiger partial charge in [-0.3, -0.25) is 4.98 Å². The van der Waals surface area contributed by atoms with Crippen molar-refractivity contribution >= 4 is 21.5 Å². The van der Waals surface area contributed by atoms with Gasteiger partial charge < -0.3 is 10.6 Å². The molecule has 4 rings (SSSR count). The Hall–Kier alpha value is -3.00. The van der Waals surface area contributed by atoms with E-state index in [9.17, 15) is 8.42 Å². The SMILES string of the molecule is O=S1(=O)CCC(Nc2cc(NCc3cccnc3)nc(-c3ccccc3)n2)C1. The number of hydrogen-bond donors (Lipinski definition) is 2. The van der Waals surface area contributed by atoms with Crippen LogP contribution >= 0.6 is 0 Å². The summed E-state index contributed by atoms with van der Waals surface area (Å²) in [6, 6.07) is 15.3. The van der Waals surface area contributed by atoms with Crippen LogP contribution in [0.2, 0.25) is 0 Å². The summed E-state index contributed by atoms with van der Waals surface area (Å²) in [5, 5.41) is 6.57. The standard InChI is InChI=1S/C20H21N5O2S/c26-28(27)10-8-17(14-28)23-19-11-18(22-13-15-5-4-9-21-12-15)24-20(25-19)16-6-2-1-3-7-16/h1-7,9,11-12,17H,8,10,13-14H2,(H2,22,23,24,25). The second-order valence-electron chi connectivity index (χ2n) is 6.79. The van der Waals surface area contributed by atoms with Crippen LogP contribution in [0.1, 0.15) is 12.0 Å². The molecule has 28 heavy (non-hydrogen) atoms. The molecule has 1 fully saturated rings. The van der Waals surface area contributed by atoms with Crippen LogP contribution in [-0.4, -0.2) is 40.9 Å². The number of anilines is 2. The number of pyridine rings is 1. The Labute approximate surface area is 164 Å². The number of sulfone groups is 1. The molecule has 1 aliphatic rings. The molecular weight excluding hydrogens is 374 g/mol. The predicted molar refractivity (Wildman–Crippen MR) is 110 cm³/mol. The number of nitrogens with zero attached hydrogens (tertiary/aromatic N) is 3. The van der Waals surface area contributed by atoms with Gasteiger partial charge >= 0.3 is 0 Å². The van der Waals surface area contributed by atoms with E-state index in [1.807, 2.05) is 48.5 Å². The average molecular weight is 395 g/mol. The Bertz CT molecular complexity index is 1040. The molecule has 3 aromatic rings. The largest absolute Gasteiger partial charge is 0.366 e. The van der Waals surface area contributed by atoms with E-state index in [0.29, 0.717) is 30.4 Å². The van der Waals surface area contributed by atoms with Crippen LogP contribution in [0.5, 0.6) is 0 Å². The van der Waals surface area contributed by atoms with Gasteiger partial charge in [0, 0.05) is 36.6 Å². The predicted octanol–water partition coefficient (Wildman–Crippen LogP) is 2.75. The van der Waals surface area contributed by atoms with Crippen LogP contribution in [0.3, 0.4) is 0 Å². The lowest BCUT2D eigenvalue weighted by molar-refractivity contribution is 0.602. The highest BCUT2D eigenvalue weighted by molar-refractivity contribution is 7.91. The highest BCUT2D eigenvalue weighted by Crippen LogP contribution is 2.23. The molecule has 3 heterocycles. The number of nitrogens with one attached hydrogen (secondary N) is 2. The van der Waals surface area contributed by atoms with Crippen molar-refractivity contribution in [3.8, 4) is 11.4 Å². The third-order valence-electron chi connectivity index (χ3n) is 4.54. The smallest absolute Gasteiger partial charge is 0.163 e. The maximum absolute atomic E-state index is 11.8. The molecule has 1 atom stereocenters. The van der Waals surface area contributed by atoms with Gasteiger partial charge in [0.25, 0.3) is 0 Å². The van der Waals surface area contributed by atoms with Gasteiger partial charge in [-0.2, -0.15) is 0 Å². The summed E-state index contributed by atoms with van der Waals surface area (Å²) in [5.41, 5.74) is 1.94. The van der Waals surface area contributed by atoms with Crippen LogP contribution < -0.4 is 10.6 Å². The summed E-state index contributed by atoms with van der Waals surface area (Å²) in [6.45, 7) is 0.580. The molecule has 0 bridgehead atoms. The molecule has 0 aliphatic carbocycles. The van der Waals surface area contributed by atoms with Crippen molar-refractivity contribution in [2.24, 2.45) is 0 Å². The van der Waals surface area contributed by atoms with Crippen LogP contribution in [0.25, 0.3) is 11.4 Å². The van der Waals surface area contributed by atoms with Crippen molar-refractivity contribution in [2.75, 3.05) is 22.1 Å². The lowest BCUT2D eigenvalue weighted by Crippen LogP contribution is -2.21. The molecule has 1 aliphatic heterocycles. The van der Waals surface area contributed by atoms with E-state index in [4.69, 9.17) is 0 Å². The fourth-order valence-electron chi connectivity index (χ4n) is 3.14. The Morgan fingerprint density at radius 3 is 2.57 bits per heavy atom. The second-order valence-corrected chi connectivity index (χ2v) is 9.02. The molecular formula is C20H21N5O2S. The molecule has 144 valence electrons. The zero-order valence-corrected chi connectivity index (χ0v) is 16.1. The van der Waals surface area contributed by atoms with E-state index in [0.717, 1.165) is 11.1 Å². The van der Waals surface area contributed by atoms with Crippen LogP contribution in [0, 0.1) is 0 Å². The average Bonchev–Trinajstić information content (AvgIpc) is 3.06. The Morgan fingerprint density at radius 2 is 1.86 bits per heavy atom. The molecule has 0 amide bonds. The summed E-state index contributed by atoms with van der Waals surface area (Å²) in [6.07, 6.45) is 4.12. The lowest BCUT2D eigenvalue weighted by atomic mass is 10.2. The second kappa shape index (κ2) is 7.93. The van der Waals surface area contributed by atoms with Crippen molar-refractivity contribution in [2.45, 2.75) is 19.0 Å². The summed E-state index contributed by atoms with van der Waals surface area (Å²) in [5.74, 6) is 2.22. The highest BCUT2D eigenvalue weighted by Gasteiger charge is 2.28. The first kappa shape index (κ1) is 18.4. The molecule has 8 heteroatoms. The quantitative estimate of drug-likeness (QED) is 0.662. The summed E-state index contributed by atoms with van der Waals surface area (Å²) >= 11 is 0. The van der Waals surface area contributed by atoms with Crippen molar-refractivity contribution < 1.29 is 8.42 Å². The summed E-state index contributed by atoms with van der Waals surface area (Å²) in [7, 11) is -2.96. The van der Waals surface area contributed by atoms with Crippen molar-refractivity contribution in [1.82, 2.24) is 15.0 Å². The number of rotatable bonds is 6. The molecule has 0 saturated carbocycles. The van der Waals surface area contributed by atoms with Crippen LogP contribution in [-0.2, 0) is 16.4 Å². The number of hydrogen-bond acceptors (Lipinski definition) is 7. The molecule has 2 aromatic heterocycles. The van der Waals surface area contributed by atoms with E-state index in [1.165, 1.54) is 0 Å². The van der Waals surface area contributed by atoms with Gasteiger partial charge in [0.2, 0.25) is 0 Å². The van der Waals surface area contributed by atoms with Crippen LogP contribution in [0.15, 0.2) is 60.9 Å². The number of aromatic nitrogens is 3. The van der Waals surface area contributed by atoms with E-state index < -0.39 is 9.84 Å². The van der Waals surface area contributed by atoms with E-state index in [1.54, 1.807) is 12.4 Å². The zero-order valence-electron chi connectivity index (χ0n) is 15.2. The Balaban J connectivity index is 1.59. The summed E-state index contributed by atoms with van der Waals surface area (Å²) < 4.78 is 23.5. The molecule has 1 saturated heterocycles. The van der Waals surface area contributed by atoms with Crippen LogP contribution in [0.4, 0.5) is 11.6 Å². The molecule has 0 spiro atoms. The monoisotopic (exact) mass is 395 g/mol. The minimum Gasteiger partial charge on any atom is -0.366 e. The van der Waals surface area contributed by atoms with Crippen molar-refractivity contribution in [3.63, 3.8) is 0 Å². The molecule has 1 aromatic carbocycles. The van der Waals surface area contributed by atoms with Gasteiger partial charge in [-0.15, -0.1) is 0 Å². The highest BCUT2D eigenvalue weighted by atomic mass is 32.2. The van der Waals surface area contributed by atoms with E-state index in [-0.39, 0.29) is 17.5 Å². The summed E-state index contributed by atoms with van der Waals surface area (Å²) in [4.78, 5) is 13.3. The van der Waals surface area contributed by atoms with Gasteiger partial charge in [-0.1, -0.05) is 36.4 Å².